The minimum Gasteiger partial charge on any atom is -0.450 e. The molecule has 2 aromatic carbocycles. The van der Waals surface area contributed by atoms with Crippen LogP contribution in [0.3, 0.4) is 0 Å². The van der Waals surface area contributed by atoms with E-state index < -0.39 is 63.4 Å². The van der Waals surface area contributed by atoms with Crippen LogP contribution in [0.25, 0.3) is 0 Å². The van der Waals surface area contributed by atoms with Gasteiger partial charge in [-0.05, 0) is 31.9 Å². The van der Waals surface area contributed by atoms with Gasteiger partial charge < -0.3 is 24.9 Å². The zero-order valence-electron chi connectivity index (χ0n) is 30.1. The van der Waals surface area contributed by atoms with Crippen molar-refractivity contribution in [1.29, 1.82) is 0 Å². The Balaban J connectivity index is 1.20. The van der Waals surface area contributed by atoms with E-state index in [0.717, 1.165) is 28.7 Å². The Morgan fingerprint density at radius 3 is 2.31 bits per heavy atom. The lowest BCUT2D eigenvalue weighted by Gasteiger charge is -2.36. The molecule has 1 saturated carbocycles. The molecule has 2 atom stereocenters. The van der Waals surface area contributed by atoms with Crippen LogP contribution >= 0.6 is 11.3 Å². The van der Waals surface area contributed by atoms with Crippen molar-refractivity contribution in [2.75, 3.05) is 11.6 Å². The van der Waals surface area contributed by atoms with E-state index in [4.69, 9.17) is 18.5 Å². The van der Waals surface area contributed by atoms with Crippen molar-refractivity contribution in [3.63, 3.8) is 0 Å². The topological polar surface area (TPSA) is 231 Å². The smallest absolute Gasteiger partial charge is 0.413 e. The minimum atomic E-state index is -3.71. The van der Waals surface area contributed by atoms with Gasteiger partial charge in [0.25, 0.3) is 16.0 Å². The second kappa shape index (κ2) is 15.9. The third kappa shape index (κ3) is 10.3. The number of benzene rings is 2. The van der Waals surface area contributed by atoms with Gasteiger partial charge in [0.1, 0.15) is 29.6 Å². The summed E-state index contributed by atoms with van der Waals surface area (Å²) >= 11 is 0.980. The summed E-state index contributed by atoms with van der Waals surface area (Å²) in [6.45, 7) is 4.78. The molecule has 0 unspecified atom stereocenters. The number of oxime groups is 1. The fraction of sp³-hybridized carbons (Fsp3) is 0.371. The monoisotopic (exact) mass is 794 g/mol. The molecule has 20 heteroatoms. The largest absolute Gasteiger partial charge is 0.450 e. The molecule has 1 saturated heterocycles. The number of aromatic nitrogens is 4. The molecule has 4 aromatic rings. The molecule has 0 radical (unpaired) electrons. The summed E-state index contributed by atoms with van der Waals surface area (Å²) < 4.78 is 38.7. The summed E-state index contributed by atoms with van der Waals surface area (Å²) in [4.78, 5) is 64.1. The van der Waals surface area contributed by atoms with Crippen LogP contribution in [0.1, 0.15) is 62.2 Å². The first kappa shape index (κ1) is 39.0. The molecule has 2 fully saturated rings. The summed E-state index contributed by atoms with van der Waals surface area (Å²) in [5.41, 5.74) is -0.974. The van der Waals surface area contributed by atoms with Gasteiger partial charge >= 0.3 is 12.1 Å². The van der Waals surface area contributed by atoms with Crippen LogP contribution in [0.15, 0.2) is 77.4 Å². The van der Waals surface area contributed by atoms with Gasteiger partial charge in [0.05, 0.1) is 25.0 Å². The molecule has 0 bridgehead atoms. The molecule has 3 amide bonds. The molecular weight excluding hydrogens is 757 g/mol. The number of amides is 3. The second-order valence-corrected chi connectivity index (χ2v) is 16.2. The third-order valence-corrected chi connectivity index (χ3v) is 9.35. The predicted molar refractivity (Wildman–Crippen MR) is 196 cm³/mol. The van der Waals surface area contributed by atoms with Crippen LogP contribution in [0, 0.1) is 0 Å². The number of carbonyl (C=O) groups is 4. The van der Waals surface area contributed by atoms with E-state index in [-0.39, 0.29) is 48.2 Å². The third-order valence-electron chi connectivity index (χ3n) is 8.05. The van der Waals surface area contributed by atoms with Crippen molar-refractivity contribution >= 4 is 56.2 Å². The maximum atomic E-state index is 13.9. The molecule has 0 spiro atoms. The number of anilines is 1. The number of thiazole rings is 1. The Bertz CT molecular complexity index is 2140. The Morgan fingerprint density at radius 1 is 1.07 bits per heavy atom. The highest BCUT2D eigenvalue weighted by molar-refractivity contribution is 7.85. The van der Waals surface area contributed by atoms with Gasteiger partial charge in [0.2, 0.25) is 11.5 Å². The minimum absolute atomic E-state index is 0.0120. The lowest BCUT2D eigenvalue weighted by Crippen LogP contribution is -2.70. The SMILES string of the molecule is CC(C)(C)OC(=O)Nc1nc(/C(=N\OC2(C(=O)OC(c3ccccc3)c3ccccc3)CC2)C(=O)N[C@@H]2C(=O)N[C@@H]2Cn2ncc(COS(C)(=O)=O)n2)cs1. The number of hydrogen-bond donors (Lipinski definition) is 3. The van der Waals surface area contributed by atoms with Crippen LogP contribution in [-0.4, -0.2) is 87.5 Å². The molecule has 18 nitrogen and oxygen atoms in total. The van der Waals surface area contributed by atoms with Gasteiger partial charge in [-0.1, -0.05) is 65.8 Å². The number of β-lactam (4-membered cyclic amide) rings is 1. The van der Waals surface area contributed by atoms with Gasteiger partial charge in [-0.25, -0.2) is 14.6 Å². The highest BCUT2D eigenvalue weighted by atomic mass is 32.2. The normalized spacial score (nSPS) is 17.8. The predicted octanol–water partition coefficient (Wildman–Crippen LogP) is 2.83. The highest BCUT2D eigenvalue weighted by Gasteiger charge is 2.56. The molecule has 6 rings (SSSR count). The van der Waals surface area contributed by atoms with Crippen molar-refractivity contribution in [2.45, 2.75) is 76.2 Å². The van der Waals surface area contributed by atoms with Crippen molar-refractivity contribution in [3.05, 3.63) is 94.8 Å². The van der Waals surface area contributed by atoms with E-state index in [2.05, 4.69) is 36.3 Å². The number of hydrogen-bond acceptors (Lipinski definition) is 15. The van der Waals surface area contributed by atoms with Crippen molar-refractivity contribution in [1.82, 2.24) is 30.6 Å². The van der Waals surface area contributed by atoms with Gasteiger partial charge in [-0.3, -0.25) is 19.1 Å². The van der Waals surface area contributed by atoms with Gasteiger partial charge in [0.15, 0.2) is 16.9 Å². The zero-order valence-corrected chi connectivity index (χ0v) is 31.8. The van der Waals surface area contributed by atoms with Crippen molar-refractivity contribution in [3.8, 4) is 0 Å². The summed E-state index contributed by atoms with van der Waals surface area (Å²) in [5, 5.41) is 21.7. The molecule has 290 valence electrons. The standard InChI is InChI=1S/C35H38N8O10S2/c1-34(2,3)52-33(47)40-32-38-25(20-54-32)27(30(45)39-26-24(37-29(26)44)18-43-36-17-23(41-43)19-50-55(4,48)49)42-53-35(15-16-35)31(46)51-28(21-11-7-5-8-12-21)22-13-9-6-10-14-22/h5-14,17,20,24,26,28H,15-16,18-19H2,1-4H3,(H,37,44)(H,39,45)(H,38,40,47)/b42-27+/t24-,26+/m1/s1. The van der Waals surface area contributed by atoms with Crippen molar-refractivity contribution in [2.24, 2.45) is 5.16 Å². The van der Waals surface area contributed by atoms with E-state index in [9.17, 15) is 27.6 Å². The van der Waals surface area contributed by atoms with E-state index >= 15 is 0 Å². The first-order valence-corrected chi connectivity index (χ1v) is 19.6. The van der Waals surface area contributed by atoms with E-state index in [0.29, 0.717) is 0 Å². The first-order valence-electron chi connectivity index (χ1n) is 17.0. The van der Waals surface area contributed by atoms with Gasteiger partial charge in [0, 0.05) is 18.2 Å². The Kier molecular flexibility index (Phi) is 11.3. The van der Waals surface area contributed by atoms with Crippen LogP contribution in [-0.2, 0) is 56.1 Å². The quantitative estimate of drug-likeness (QED) is 0.0518. The highest BCUT2D eigenvalue weighted by Crippen LogP contribution is 2.43. The van der Waals surface area contributed by atoms with E-state index in [1.807, 2.05) is 60.7 Å². The number of nitrogens with one attached hydrogen (secondary N) is 3. The Hall–Kier alpha value is -5.73. The van der Waals surface area contributed by atoms with Crippen LogP contribution in [0.4, 0.5) is 9.93 Å². The van der Waals surface area contributed by atoms with Gasteiger partial charge in [-0.2, -0.15) is 23.4 Å². The summed E-state index contributed by atoms with van der Waals surface area (Å²) in [7, 11) is -3.71. The van der Waals surface area contributed by atoms with Crippen LogP contribution < -0.4 is 16.0 Å². The van der Waals surface area contributed by atoms with Crippen molar-refractivity contribution < 1.29 is 46.1 Å². The maximum Gasteiger partial charge on any atom is 0.413 e. The summed E-state index contributed by atoms with van der Waals surface area (Å²) in [6, 6.07) is 16.7. The van der Waals surface area contributed by atoms with Gasteiger partial charge in [-0.15, -0.1) is 11.3 Å². The fourth-order valence-corrected chi connectivity index (χ4v) is 6.23. The number of carbonyl (C=O) groups excluding carboxylic acids is 4. The molecule has 3 N–H and O–H groups in total. The summed E-state index contributed by atoms with van der Waals surface area (Å²) in [6.07, 6.45) is 1.21. The zero-order chi connectivity index (χ0) is 39.4. The first-order chi connectivity index (χ1) is 26.1. The number of esters is 1. The van der Waals surface area contributed by atoms with E-state index in [1.165, 1.54) is 16.4 Å². The average molecular weight is 795 g/mol. The van der Waals surface area contributed by atoms with Crippen LogP contribution in [0.2, 0.25) is 0 Å². The van der Waals surface area contributed by atoms with Crippen LogP contribution in [0.5, 0.6) is 0 Å². The number of nitrogens with zero attached hydrogens (tertiary/aromatic N) is 5. The summed E-state index contributed by atoms with van der Waals surface area (Å²) in [5.74, 6) is -2.07. The Labute approximate surface area is 319 Å². The molecule has 3 heterocycles. The average Bonchev–Trinajstić information content (AvgIpc) is 3.55. The number of ether oxygens (including phenoxy) is 2. The second-order valence-electron chi connectivity index (χ2n) is 13.7. The molecule has 2 aromatic heterocycles. The lowest BCUT2D eigenvalue weighted by molar-refractivity contribution is -0.164. The molecule has 2 aliphatic rings. The fourth-order valence-electron chi connectivity index (χ4n) is 5.21. The Morgan fingerprint density at radius 2 is 1.73 bits per heavy atom. The maximum absolute atomic E-state index is 13.9. The molecular formula is C35H38N8O10S2. The molecule has 1 aliphatic heterocycles. The molecule has 1 aliphatic carbocycles. The number of rotatable bonds is 15. The lowest BCUT2D eigenvalue weighted by atomic mass is 9.98. The molecule has 55 heavy (non-hydrogen) atoms. The van der Waals surface area contributed by atoms with E-state index in [1.54, 1.807) is 20.8 Å².